The summed E-state index contributed by atoms with van der Waals surface area (Å²) in [4.78, 5) is 25.6. The van der Waals surface area contributed by atoms with E-state index in [1.807, 2.05) is 4.90 Å². The van der Waals surface area contributed by atoms with E-state index < -0.39 is 5.91 Å². The minimum atomic E-state index is -0.480. The van der Waals surface area contributed by atoms with Crippen LogP contribution in [0.4, 0.5) is 0 Å². The first-order valence-corrected chi connectivity index (χ1v) is 8.57. The summed E-state index contributed by atoms with van der Waals surface area (Å²) in [6.45, 7) is 4.11. The van der Waals surface area contributed by atoms with E-state index in [9.17, 15) is 9.59 Å². The van der Waals surface area contributed by atoms with E-state index in [0.29, 0.717) is 35.7 Å². The van der Waals surface area contributed by atoms with Gasteiger partial charge in [0, 0.05) is 24.2 Å². The molecule has 1 fully saturated rings. The topological polar surface area (TPSA) is 98.7 Å². The Morgan fingerprint density at radius 3 is 2.00 bits per heavy atom. The van der Waals surface area contributed by atoms with Gasteiger partial charge in [-0.05, 0) is 66.9 Å². The van der Waals surface area contributed by atoms with Gasteiger partial charge >= 0.3 is 0 Å². The van der Waals surface area contributed by atoms with Crippen LogP contribution in [0.3, 0.4) is 0 Å². The smallest absolute Gasteiger partial charge is 0.253 e. The maximum atomic E-state index is 12.6. The van der Waals surface area contributed by atoms with Crippen molar-refractivity contribution in [2.45, 2.75) is 13.3 Å². The summed E-state index contributed by atoms with van der Waals surface area (Å²) >= 11 is 0. The summed E-state index contributed by atoms with van der Waals surface area (Å²) < 4.78 is 5.73. The van der Waals surface area contributed by atoms with Crippen molar-refractivity contribution in [3.63, 3.8) is 0 Å². The number of benzene rings is 2. The van der Waals surface area contributed by atoms with Crippen LogP contribution < -0.4 is 16.2 Å². The molecule has 4 N–H and O–H groups in total. The highest BCUT2D eigenvalue weighted by Gasteiger charge is 2.35. The largest absolute Gasteiger partial charge is 0.457 e. The summed E-state index contributed by atoms with van der Waals surface area (Å²) in [6, 6.07) is 13.6. The Kier molecular flexibility index (Phi) is 6.46. The van der Waals surface area contributed by atoms with E-state index in [-0.39, 0.29) is 23.7 Å². The fraction of sp³-hybridized carbons (Fsp3) is 0.300. The Bertz CT molecular complexity index is 808. The molecule has 6 nitrogen and oxygen atoms in total. The van der Waals surface area contributed by atoms with Gasteiger partial charge in [0.2, 0.25) is 5.91 Å². The predicted molar refractivity (Wildman–Crippen MR) is 106 cm³/mol. The Balaban J connectivity index is 0.00000261. The van der Waals surface area contributed by atoms with Gasteiger partial charge < -0.3 is 21.1 Å². The summed E-state index contributed by atoms with van der Waals surface area (Å²) in [6.07, 6.45) is 0.928. The van der Waals surface area contributed by atoms with Crippen molar-refractivity contribution in [2.24, 2.45) is 16.9 Å². The molecule has 144 valence electrons. The molecule has 0 saturated carbocycles. The number of nitrogens with zero attached hydrogens (tertiary/aromatic N) is 1. The maximum Gasteiger partial charge on any atom is 0.253 e. The second-order valence-electron chi connectivity index (χ2n) is 7.01. The molecule has 1 heterocycles. The molecule has 2 aromatic rings. The van der Waals surface area contributed by atoms with Crippen LogP contribution in [0.25, 0.3) is 0 Å². The van der Waals surface area contributed by atoms with Crippen molar-refractivity contribution in [2.75, 3.05) is 19.6 Å². The number of rotatable bonds is 5. The molecule has 0 bridgehead atoms. The molecule has 0 aliphatic carbocycles. The van der Waals surface area contributed by atoms with Gasteiger partial charge in [-0.1, -0.05) is 6.92 Å². The van der Waals surface area contributed by atoms with Crippen LogP contribution in [0.5, 0.6) is 11.5 Å². The second kappa shape index (κ2) is 8.41. The molecule has 1 saturated heterocycles. The summed E-state index contributed by atoms with van der Waals surface area (Å²) in [5.41, 5.74) is 12.1. The van der Waals surface area contributed by atoms with Gasteiger partial charge in [-0.3, -0.25) is 9.59 Å². The quantitative estimate of drug-likeness (QED) is 0.821. The van der Waals surface area contributed by atoms with Gasteiger partial charge in [-0.2, -0.15) is 0 Å². The van der Waals surface area contributed by atoms with Crippen LogP contribution in [0, 0.1) is 5.41 Å². The molecule has 27 heavy (non-hydrogen) atoms. The molecule has 0 aromatic heterocycles. The lowest BCUT2D eigenvalue weighted by Gasteiger charge is -2.22. The van der Waals surface area contributed by atoms with Gasteiger partial charge in [0.25, 0.3) is 5.91 Å². The third kappa shape index (κ3) is 4.78. The average molecular weight is 390 g/mol. The number of primary amides is 1. The first-order chi connectivity index (χ1) is 12.4. The molecule has 3 rings (SSSR count). The van der Waals surface area contributed by atoms with Crippen LogP contribution in [-0.2, 0) is 0 Å². The molecular formula is C20H24ClN3O3. The molecule has 1 aliphatic heterocycles. The highest BCUT2D eigenvalue weighted by atomic mass is 35.5. The van der Waals surface area contributed by atoms with Crippen LogP contribution in [-0.4, -0.2) is 36.3 Å². The monoisotopic (exact) mass is 389 g/mol. The predicted octanol–water partition coefficient (Wildman–Crippen LogP) is 2.81. The molecule has 1 aliphatic rings. The number of likely N-dealkylation sites (tertiary alicyclic amines) is 1. The van der Waals surface area contributed by atoms with Crippen LogP contribution in [0.2, 0.25) is 0 Å². The van der Waals surface area contributed by atoms with Crippen molar-refractivity contribution < 1.29 is 14.3 Å². The highest BCUT2D eigenvalue weighted by Crippen LogP contribution is 2.30. The second-order valence-corrected chi connectivity index (χ2v) is 7.01. The van der Waals surface area contributed by atoms with E-state index >= 15 is 0 Å². The molecule has 7 heteroatoms. The Morgan fingerprint density at radius 2 is 1.56 bits per heavy atom. The number of carbonyl (C=O) groups excluding carboxylic acids is 2. The molecule has 2 amide bonds. The van der Waals surface area contributed by atoms with E-state index in [4.69, 9.17) is 16.2 Å². The Hall–Kier alpha value is -2.57. The molecule has 0 spiro atoms. The van der Waals surface area contributed by atoms with Gasteiger partial charge in [0.1, 0.15) is 11.5 Å². The van der Waals surface area contributed by atoms with Gasteiger partial charge in [-0.25, -0.2) is 0 Å². The van der Waals surface area contributed by atoms with Crippen molar-refractivity contribution in [1.29, 1.82) is 0 Å². The average Bonchev–Trinajstić information content (AvgIpc) is 3.05. The number of hydrogen-bond acceptors (Lipinski definition) is 4. The lowest BCUT2D eigenvalue weighted by Crippen LogP contribution is -2.34. The number of halogens is 1. The summed E-state index contributed by atoms with van der Waals surface area (Å²) in [5, 5.41) is 0. The SMILES string of the molecule is CC1(CN)CCN(C(=O)c2ccc(Oc3ccc(C(N)=O)cc3)cc2)C1.Cl. The number of amides is 2. The number of ether oxygens (including phenoxy) is 1. The van der Waals surface area contributed by atoms with Crippen molar-refractivity contribution in [3.05, 3.63) is 59.7 Å². The van der Waals surface area contributed by atoms with Gasteiger partial charge in [0.05, 0.1) is 0 Å². The van der Waals surface area contributed by atoms with Gasteiger partial charge in [-0.15, -0.1) is 12.4 Å². The number of carbonyl (C=O) groups is 2. The zero-order chi connectivity index (χ0) is 18.7. The lowest BCUT2D eigenvalue weighted by atomic mass is 9.90. The first kappa shape index (κ1) is 20.7. The molecule has 1 unspecified atom stereocenters. The first-order valence-electron chi connectivity index (χ1n) is 8.57. The molecule has 2 aromatic carbocycles. The third-order valence-corrected chi connectivity index (χ3v) is 4.81. The Morgan fingerprint density at radius 1 is 1.04 bits per heavy atom. The summed E-state index contributed by atoms with van der Waals surface area (Å²) in [5.74, 6) is 0.737. The molecule has 1 atom stereocenters. The lowest BCUT2D eigenvalue weighted by molar-refractivity contribution is 0.0776. The van der Waals surface area contributed by atoms with Crippen LogP contribution in [0.15, 0.2) is 48.5 Å². The molecule has 0 radical (unpaired) electrons. The van der Waals surface area contributed by atoms with E-state index in [1.54, 1.807) is 48.5 Å². The highest BCUT2D eigenvalue weighted by molar-refractivity contribution is 5.94. The van der Waals surface area contributed by atoms with E-state index in [0.717, 1.165) is 13.0 Å². The fourth-order valence-corrected chi connectivity index (χ4v) is 3.04. The fourth-order valence-electron chi connectivity index (χ4n) is 3.04. The normalized spacial score (nSPS) is 18.7. The summed E-state index contributed by atoms with van der Waals surface area (Å²) in [7, 11) is 0. The van der Waals surface area contributed by atoms with Crippen molar-refractivity contribution >= 4 is 24.2 Å². The van der Waals surface area contributed by atoms with E-state index in [1.165, 1.54) is 0 Å². The minimum absolute atomic E-state index is 0. The van der Waals surface area contributed by atoms with Crippen LogP contribution >= 0.6 is 12.4 Å². The standard InChI is InChI=1S/C20H23N3O3.ClH/c1-20(12-21)10-11-23(13-20)19(25)15-4-8-17(9-5-15)26-16-6-2-14(3-7-16)18(22)24;/h2-9H,10-13,21H2,1H3,(H2,22,24);1H. The van der Waals surface area contributed by atoms with E-state index in [2.05, 4.69) is 6.92 Å². The maximum absolute atomic E-state index is 12.6. The zero-order valence-electron chi connectivity index (χ0n) is 15.2. The molecular weight excluding hydrogens is 366 g/mol. The zero-order valence-corrected chi connectivity index (χ0v) is 16.0. The van der Waals surface area contributed by atoms with Crippen molar-refractivity contribution in [1.82, 2.24) is 4.90 Å². The van der Waals surface area contributed by atoms with Crippen LogP contribution in [0.1, 0.15) is 34.1 Å². The third-order valence-electron chi connectivity index (χ3n) is 4.81. The number of nitrogens with two attached hydrogens (primary N) is 2. The van der Waals surface area contributed by atoms with Gasteiger partial charge in [0.15, 0.2) is 0 Å². The van der Waals surface area contributed by atoms with Crippen molar-refractivity contribution in [3.8, 4) is 11.5 Å². The minimum Gasteiger partial charge on any atom is -0.457 e. The Labute approximate surface area is 164 Å². The number of hydrogen-bond donors (Lipinski definition) is 2.